The monoisotopic (exact) mass is 291 g/mol. The number of thiophene rings is 1. The maximum Gasteiger partial charge on any atom is 0.0644 e. The van der Waals surface area contributed by atoms with Gasteiger partial charge in [-0.25, -0.2) is 0 Å². The quantitative estimate of drug-likeness (QED) is 0.875. The minimum Gasteiger partial charge on any atom is -0.307 e. The van der Waals surface area contributed by atoms with E-state index in [0.29, 0.717) is 12.1 Å². The van der Waals surface area contributed by atoms with Gasteiger partial charge in [0.1, 0.15) is 0 Å². The standard InChI is InChI=1S/C16H25N3S/c1-6-19-14(5)16(13(4)18-19)12(3)17-11(2)10-15-8-7-9-20-15/h7-9,11-12,17H,6,10H2,1-5H3. The molecule has 0 radical (unpaired) electrons. The van der Waals surface area contributed by atoms with Crippen LogP contribution >= 0.6 is 11.3 Å². The molecule has 0 aromatic carbocycles. The number of nitrogens with one attached hydrogen (secondary N) is 1. The lowest BCUT2D eigenvalue weighted by atomic mass is 10.0. The molecule has 3 nitrogen and oxygen atoms in total. The van der Waals surface area contributed by atoms with Crippen molar-refractivity contribution in [3.63, 3.8) is 0 Å². The molecular weight excluding hydrogens is 266 g/mol. The Morgan fingerprint density at radius 1 is 1.35 bits per heavy atom. The van der Waals surface area contributed by atoms with Crippen molar-refractivity contribution in [2.24, 2.45) is 0 Å². The second-order valence-electron chi connectivity index (χ2n) is 5.47. The van der Waals surface area contributed by atoms with Crippen LogP contribution in [-0.2, 0) is 13.0 Å². The highest BCUT2D eigenvalue weighted by Crippen LogP contribution is 2.22. The van der Waals surface area contributed by atoms with Gasteiger partial charge in [-0.15, -0.1) is 11.3 Å². The van der Waals surface area contributed by atoms with E-state index >= 15 is 0 Å². The van der Waals surface area contributed by atoms with E-state index in [1.165, 1.54) is 16.1 Å². The summed E-state index contributed by atoms with van der Waals surface area (Å²) in [7, 11) is 0. The van der Waals surface area contributed by atoms with E-state index in [9.17, 15) is 0 Å². The van der Waals surface area contributed by atoms with E-state index in [1.807, 2.05) is 11.3 Å². The number of hydrogen-bond donors (Lipinski definition) is 1. The molecule has 0 fully saturated rings. The molecule has 2 unspecified atom stereocenters. The molecule has 2 rings (SSSR count). The second kappa shape index (κ2) is 6.55. The lowest BCUT2D eigenvalue weighted by molar-refractivity contribution is 0.476. The molecule has 0 aliphatic carbocycles. The first kappa shape index (κ1) is 15.3. The Morgan fingerprint density at radius 2 is 2.10 bits per heavy atom. The SMILES string of the molecule is CCn1nc(C)c(C(C)NC(C)Cc2cccs2)c1C. The fraction of sp³-hybridized carbons (Fsp3) is 0.562. The highest BCUT2D eigenvalue weighted by atomic mass is 32.1. The van der Waals surface area contributed by atoms with E-state index in [1.54, 1.807) is 0 Å². The van der Waals surface area contributed by atoms with E-state index in [-0.39, 0.29) is 0 Å². The van der Waals surface area contributed by atoms with Crippen LogP contribution in [0.1, 0.15) is 48.6 Å². The second-order valence-corrected chi connectivity index (χ2v) is 6.51. The van der Waals surface area contributed by atoms with Crippen LogP contribution in [0.4, 0.5) is 0 Å². The number of rotatable bonds is 6. The lowest BCUT2D eigenvalue weighted by Gasteiger charge is -2.20. The summed E-state index contributed by atoms with van der Waals surface area (Å²) in [5, 5.41) is 10.5. The van der Waals surface area contributed by atoms with Crippen LogP contribution in [0, 0.1) is 13.8 Å². The van der Waals surface area contributed by atoms with Crippen LogP contribution in [0.3, 0.4) is 0 Å². The van der Waals surface area contributed by atoms with Gasteiger partial charge >= 0.3 is 0 Å². The number of hydrogen-bond acceptors (Lipinski definition) is 3. The maximum absolute atomic E-state index is 4.61. The molecule has 0 bridgehead atoms. The largest absolute Gasteiger partial charge is 0.307 e. The van der Waals surface area contributed by atoms with Gasteiger partial charge in [-0.3, -0.25) is 4.68 Å². The molecular formula is C16H25N3S. The predicted octanol–water partition coefficient (Wildman–Crippen LogP) is 3.86. The van der Waals surface area contributed by atoms with Crippen molar-refractivity contribution in [2.75, 3.05) is 0 Å². The molecule has 0 amide bonds. The zero-order valence-corrected chi connectivity index (χ0v) is 13.9. The van der Waals surface area contributed by atoms with Crippen LogP contribution in [0.25, 0.3) is 0 Å². The number of aromatic nitrogens is 2. The molecule has 20 heavy (non-hydrogen) atoms. The summed E-state index contributed by atoms with van der Waals surface area (Å²) in [6, 6.07) is 5.13. The van der Waals surface area contributed by atoms with Gasteiger partial charge in [-0.1, -0.05) is 6.07 Å². The summed E-state index contributed by atoms with van der Waals surface area (Å²) in [6.07, 6.45) is 1.09. The maximum atomic E-state index is 4.61. The summed E-state index contributed by atoms with van der Waals surface area (Å²) in [4.78, 5) is 1.44. The average Bonchev–Trinajstić information content (AvgIpc) is 2.97. The molecule has 0 aliphatic rings. The highest BCUT2D eigenvalue weighted by molar-refractivity contribution is 7.09. The van der Waals surface area contributed by atoms with Crippen molar-refractivity contribution >= 4 is 11.3 Å². The zero-order chi connectivity index (χ0) is 14.7. The summed E-state index contributed by atoms with van der Waals surface area (Å²) in [5.41, 5.74) is 3.78. The molecule has 2 atom stereocenters. The smallest absolute Gasteiger partial charge is 0.0644 e. The third kappa shape index (κ3) is 3.30. The number of aryl methyl sites for hydroxylation is 2. The molecule has 0 saturated carbocycles. The molecule has 2 aromatic rings. The van der Waals surface area contributed by atoms with Crippen molar-refractivity contribution in [3.8, 4) is 0 Å². The molecule has 4 heteroatoms. The van der Waals surface area contributed by atoms with Crippen LogP contribution in [-0.4, -0.2) is 15.8 Å². The van der Waals surface area contributed by atoms with E-state index < -0.39 is 0 Å². The third-order valence-electron chi connectivity index (χ3n) is 3.79. The topological polar surface area (TPSA) is 29.9 Å². The fourth-order valence-electron chi connectivity index (χ4n) is 2.94. The third-order valence-corrected chi connectivity index (χ3v) is 4.69. The zero-order valence-electron chi connectivity index (χ0n) is 13.1. The van der Waals surface area contributed by atoms with E-state index in [4.69, 9.17) is 0 Å². The van der Waals surface area contributed by atoms with Gasteiger partial charge in [0, 0.05) is 34.8 Å². The predicted molar refractivity (Wildman–Crippen MR) is 86.4 cm³/mol. The summed E-state index contributed by atoms with van der Waals surface area (Å²) < 4.78 is 2.09. The normalized spacial score (nSPS) is 14.4. The summed E-state index contributed by atoms with van der Waals surface area (Å²) in [5.74, 6) is 0. The van der Waals surface area contributed by atoms with Gasteiger partial charge in [0.2, 0.25) is 0 Å². The number of nitrogens with zero attached hydrogens (tertiary/aromatic N) is 2. The summed E-state index contributed by atoms with van der Waals surface area (Å²) in [6.45, 7) is 11.8. The van der Waals surface area contributed by atoms with Gasteiger partial charge in [0.25, 0.3) is 0 Å². The fourth-order valence-corrected chi connectivity index (χ4v) is 3.78. The van der Waals surface area contributed by atoms with Crippen LogP contribution in [0.5, 0.6) is 0 Å². The van der Waals surface area contributed by atoms with Gasteiger partial charge < -0.3 is 5.32 Å². The van der Waals surface area contributed by atoms with Crippen molar-refractivity contribution in [1.29, 1.82) is 0 Å². The first-order valence-corrected chi connectivity index (χ1v) is 8.23. The summed E-state index contributed by atoms with van der Waals surface area (Å²) >= 11 is 1.83. The minimum absolute atomic E-state index is 0.338. The average molecular weight is 291 g/mol. The Kier molecular flexibility index (Phi) is 5.00. The van der Waals surface area contributed by atoms with Gasteiger partial charge in [0.15, 0.2) is 0 Å². The molecule has 2 heterocycles. The van der Waals surface area contributed by atoms with Gasteiger partial charge in [0.05, 0.1) is 5.69 Å². The molecule has 110 valence electrons. The van der Waals surface area contributed by atoms with Crippen molar-refractivity contribution in [2.45, 2.75) is 59.7 Å². The van der Waals surface area contributed by atoms with E-state index in [2.05, 4.69) is 67.2 Å². The van der Waals surface area contributed by atoms with Crippen molar-refractivity contribution in [3.05, 3.63) is 39.3 Å². The van der Waals surface area contributed by atoms with Crippen LogP contribution in [0.2, 0.25) is 0 Å². The first-order valence-electron chi connectivity index (χ1n) is 7.35. The van der Waals surface area contributed by atoms with E-state index in [0.717, 1.165) is 18.7 Å². The molecule has 2 aromatic heterocycles. The van der Waals surface area contributed by atoms with Gasteiger partial charge in [-0.2, -0.15) is 5.10 Å². The lowest BCUT2D eigenvalue weighted by Crippen LogP contribution is -2.31. The molecule has 0 aliphatic heterocycles. The Balaban J connectivity index is 2.04. The Morgan fingerprint density at radius 3 is 2.65 bits per heavy atom. The Hall–Kier alpha value is -1.13. The molecule has 1 N–H and O–H groups in total. The van der Waals surface area contributed by atoms with Gasteiger partial charge in [-0.05, 0) is 52.5 Å². The minimum atomic E-state index is 0.338. The Labute approximate surface area is 126 Å². The van der Waals surface area contributed by atoms with Crippen LogP contribution < -0.4 is 5.32 Å². The van der Waals surface area contributed by atoms with Crippen molar-refractivity contribution < 1.29 is 0 Å². The molecule has 0 spiro atoms. The first-order chi connectivity index (χ1) is 9.52. The Bertz CT molecular complexity index is 542. The highest BCUT2D eigenvalue weighted by Gasteiger charge is 2.18. The van der Waals surface area contributed by atoms with Crippen molar-refractivity contribution in [1.82, 2.24) is 15.1 Å². The van der Waals surface area contributed by atoms with Crippen LogP contribution in [0.15, 0.2) is 17.5 Å². The molecule has 0 saturated heterocycles.